The van der Waals surface area contributed by atoms with Gasteiger partial charge in [0.25, 0.3) is 5.89 Å². The van der Waals surface area contributed by atoms with Crippen LogP contribution in [0, 0.1) is 12.7 Å². The van der Waals surface area contributed by atoms with Gasteiger partial charge in [0.05, 0.1) is 5.69 Å². The summed E-state index contributed by atoms with van der Waals surface area (Å²) >= 11 is 1.19. The van der Waals surface area contributed by atoms with Crippen LogP contribution in [0.5, 0.6) is 0 Å². The topological polar surface area (TPSA) is 78.1 Å². The van der Waals surface area contributed by atoms with Crippen LogP contribution in [0.3, 0.4) is 0 Å². The maximum absolute atomic E-state index is 13.1. The molecule has 0 spiro atoms. The summed E-state index contributed by atoms with van der Waals surface area (Å²) in [7, 11) is 0. The standard InChI is InChI=1S/C21H16FN3O3S/c1-12-17(29-20(23-12)15-8-10-16(22)11-9-15)21(26)27-13(2)18-24-25-19(28-18)14-6-4-3-5-7-14/h3-11,13H,1-2H3/t13-/m1/s1. The van der Waals surface area contributed by atoms with Crippen molar-refractivity contribution in [1.82, 2.24) is 15.2 Å². The summed E-state index contributed by atoms with van der Waals surface area (Å²) in [6.07, 6.45) is -0.719. The molecular formula is C21H16FN3O3S. The van der Waals surface area contributed by atoms with Crippen molar-refractivity contribution in [2.75, 3.05) is 0 Å². The fourth-order valence-corrected chi connectivity index (χ4v) is 3.62. The predicted octanol–water partition coefficient (Wildman–Crippen LogP) is 5.23. The summed E-state index contributed by atoms with van der Waals surface area (Å²) in [6, 6.07) is 15.3. The summed E-state index contributed by atoms with van der Waals surface area (Å²) < 4.78 is 24.3. The smallest absolute Gasteiger partial charge is 0.351 e. The van der Waals surface area contributed by atoms with Gasteiger partial charge in [-0.05, 0) is 50.2 Å². The van der Waals surface area contributed by atoms with Crippen molar-refractivity contribution in [2.24, 2.45) is 0 Å². The van der Waals surface area contributed by atoms with Crippen LogP contribution in [-0.2, 0) is 4.74 Å². The van der Waals surface area contributed by atoms with Crippen LogP contribution in [0.15, 0.2) is 59.0 Å². The molecule has 0 N–H and O–H groups in total. The zero-order chi connectivity index (χ0) is 20.4. The first-order chi connectivity index (χ1) is 14.0. The number of hydrogen-bond donors (Lipinski definition) is 0. The Morgan fingerprint density at radius 1 is 1.07 bits per heavy atom. The summed E-state index contributed by atoms with van der Waals surface area (Å²) in [5, 5.41) is 8.61. The fraction of sp³-hybridized carbons (Fsp3) is 0.143. The van der Waals surface area contributed by atoms with E-state index in [2.05, 4.69) is 15.2 Å². The van der Waals surface area contributed by atoms with Crippen molar-refractivity contribution in [3.8, 4) is 22.0 Å². The van der Waals surface area contributed by atoms with Crippen molar-refractivity contribution < 1.29 is 18.3 Å². The number of esters is 1. The van der Waals surface area contributed by atoms with Crippen LogP contribution < -0.4 is 0 Å². The van der Waals surface area contributed by atoms with Crippen molar-refractivity contribution >= 4 is 17.3 Å². The van der Waals surface area contributed by atoms with E-state index >= 15 is 0 Å². The van der Waals surface area contributed by atoms with Crippen LogP contribution in [0.4, 0.5) is 4.39 Å². The maximum Gasteiger partial charge on any atom is 0.351 e. The second-order valence-electron chi connectivity index (χ2n) is 6.30. The Hall–Kier alpha value is -3.39. The van der Waals surface area contributed by atoms with E-state index in [1.54, 1.807) is 26.0 Å². The number of thiazole rings is 1. The minimum Gasteiger partial charge on any atom is -0.448 e. The highest BCUT2D eigenvalue weighted by atomic mass is 32.1. The Kier molecular flexibility index (Phi) is 5.18. The first kappa shape index (κ1) is 18.9. The number of halogens is 1. The molecule has 4 rings (SSSR count). The molecule has 2 heterocycles. The SMILES string of the molecule is Cc1nc(-c2ccc(F)cc2)sc1C(=O)O[C@H](C)c1nnc(-c2ccccc2)o1. The van der Waals surface area contributed by atoms with Gasteiger partial charge in [-0.2, -0.15) is 0 Å². The van der Waals surface area contributed by atoms with Crippen LogP contribution >= 0.6 is 11.3 Å². The van der Waals surface area contributed by atoms with E-state index in [-0.39, 0.29) is 11.7 Å². The Morgan fingerprint density at radius 2 is 1.79 bits per heavy atom. The molecule has 0 aliphatic carbocycles. The predicted molar refractivity (Wildman–Crippen MR) is 106 cm³/mol. The van der Waals surface area contributed by atoms with E-state index in [9.17, 15) is 9.18 Å². The molecule has 0 amide bonds. The maximum atomic E-state index is 13.1. The third kappa shape index (κ3) is 4.07. The lowest BCUT2D eigenvalue weighted by Gasteiger charge is -2.08. The van der Waals surface area contributed by atoms with Crippen LogP contribution in [0.25, 0.3) is 22.0 Å². The summed E-state index contributed by atoms with van der Waals surface area (Å²) in [5.74, 6) is -0.292. The number of ether oxygens (including phenoxy) is 1. The molecule has 1 atom stereocenters. The molecule has 29 heavy (non-hydrogen) atoms. The van der Waals surface area contributed by atoms with Gasteiger partial charge in [0.1, 0.15) is 15.7 Å². The largest absolute Gasteiger partial charge is 0.448 e. The van der Waals surface area contributed by atoms with Gasteiger partial charge in [-0.3, -0.25) is 0 Å². The first-order valence-electron chi connectivity index (χ1n) is 8.84. The summed E-state index contributed by atoms with van der Waals surface area (Å²) in [4.78, 5) is 17.4. The van der Waals surface area contributed by atoms with Gasteiger partial charge in [-0.1, -0.05) is 18.2 Å². The average Bonchev–Trinajstić information content (AvgIpc) is 3.36. The average molecular weight is 409 g/mol. The molecule has 0 radical (unpaired) electrons. The van der Waals surface area contributed by atoms with E-state index in [4.69, 9.17) is 9.15 Å². The zero-order valence-electron chi connectivity index (χ0n) is 15.6. The number of benzene rings is 2. The van der Waals surface area contributed by atoms with Gasteiger partial charge in [-0.25, -0.2) is 14.2 Å². The molecule has 2 aromatic carbocycles. The fourth-order valence-electron chi connectivity index (χ4n) is 2.66. The van der Waals surface area contributed by atoms with Gasteiger partial charge in [0.15, 0.2) is 6.10 Å². The quantitative estimate of drug-likeness (QED) is 0.420. The second kappa shape index (κ2) is 7.92. The number of rotatable bonds is 5. The second-order valence-corrected chi connectivity index (χ2v) is 7.30. The minimum absolute atomic E-state index is 0.207. The number of carbonyl (C=O) groups excluding carboxylic acids is 1. The van der Waals surface area contributed by atoms with Gasteiger partial charge >= 0.3 is 5.97 Å². The minimum atomic E-state index is -0.719. The van der Waals surface area contributed by atoms with Crippen molar-refractivity contribution in [2.45, 2.75) is 20.0 Å². The molecule has 0 saturated carbocycles. The Morgan fingerprint density at radius 3 is 2.52 bits per heavy atom. The molecule has 0 bridgehead atoms. The number of aromatic nitrogens is 3. The van der Waals surface area contributed by atoms with Crippen molar-refractivity contribution in [3.05, 3.63) is 76.9 Å². The molecule has 0 aliphatic heterocycles. The van der Waals surface area contributed by atoms with Crippen LogP contribution in [0.1, 0.15) is 34.3 Å². The Labute approximate surface area is 170 Å². The number of aryl methyl sites for hydroxylation is 1. The van der Waals surface area contributed by atoms with Crippen molar-refractivity contribution in [3.63, 3.8) is 0 Å². The molecule has 2 aromatic heterocycles. The number of hydrogen-bond acceptors (Lipinski definition) is 7. The first-order valence-corrected chi connectivity index (χ1v) is 9.66. The molecule has 8 heteroatoms. The number of nitrogens with zero attached hydrogens (tertiary/aromatic N) is 3. The summed E-state index contributed by atoms with van der Waals surface area (Å²) in [6.45, 7) is 3.39. The molecule has 6 nitrogen and oxygen atoms in total. The van der Waals surface area contributed by atoms with E-state index in [1.807, 2.05) is 30.3 Å². The summed E-state index contributed by atoms with van der Waals surface area (Å²) in [5.41, 5.74) is 2.06. The molecule has 0 fully saturated rings. The Balaban J connectivity index is 1.49. The van der Waals surface area contributed by atoms with Gasteiger partial charge in [0.2, 0.25) is 5.89 Å². The molecule has 4 aromatic rings. The molecular weight excluding hydrogens is 393 g/mol. The van der Waals surface area contributed by atoms with Gasteiger partial charge in [0, 0.05) is 11.1 Å². The highest BCUT2D eigenvalue weighted by Crippen LogP contribution is 2.30. The lowest BCUT2D eigenvalue weighted by Crippen LogP contribution is -2.09. The Bertz CT molecular complexity index is 1140. The highest BCUT2D eigenvalue weighted by Gasteiger charge is 2.23. The molecule has 0 unspecified atom stereocenters. The lowest BCUT2D eigenvalue weighted by molar-refractivity contribution is 0.0284. The monoisotopic (exact) mass is 409 g/mol. The molecule has 0 aliphatic rings. The normalized spacial score (nSPS) is 12.0. The van der Waals surface area contributed by atoms with Crippen LogP contribution in [0.2, 0.25) is 0 Å². The van der Waals surface area contributed by atoms with E-state index in [0.29, 0.717) is 21.5 Å². The van der Waals surface area contributed by atoms with E-state index < -0.39 is 12.1 Å². The number of carbonyl (C=O) groups is 1. The molecule has 146 valence electrons. The van der Waals surface area contributed by atoms with E-state index in [1.165, 1.54) is 23.5 Å². The van der Waals surface area contributed by atoms with Crippen molar-refractivity contribution in [1.29, 1.82) is 0 Å². The van der Waals surface area contributed by atoms with Crippen LogP contribution in [-0.4, -0.2) is 21.2 Å². The molecule has 0 saturated heterocycles. The third-order valence-corrected chi connectivity index (χ3v) is 5.35. The van der Waals surface area contributed by atoms with E-state index in [0.717, 1.165) is 11.1 Å². The lowest BCUT2D eigenvalue weighted by atomic mass is 10.2. The van der Waals surface area contributed by atoms with Gasteiger partial charge in [-0.15, -0.1) is 21.5 Å². The zero-order valence-corrected chi connectivity index (χ0v) is 16.4. The highest BCUT2D eigenvalue weighted by molar-refractivity contribution is 7.17. The third-order valence-electron chi connectivity index (χ3n) is 4.17. The van der Waals surface area contributed by atoms with Gasteiger partial charge < -0.3 is 9.15 Å².